The van der Waals surface area contributed by atoms with Crippen molar-refractivity contribution in [1.82, 2.24) is 10.3 Å². The lowest BCUT2D eigenvalue weighted by Gasteiger charge is -2.17. The molecule has 1 aromatic carbocycles. The summed E-state index contributed by atoms with van der Waals surface area (Å²) in [6, 6.07) is 9.24. The summed E-state index contributed by atoms with van der Waals surface area (Å²) in [7, 11) is 0. The predicted molar refractivity (Wildman–Crippen MR) is 87.1 cm³/mol. The summed E-state index contributed by atoms with van der Waals surface area (Å²) >= 11 is 1.73. The van der Waals surface area contributed by atoms with Crippen molar-refractivity contribution in [3.63, 3.8) is 0 Å². The van der Waals surface area contributed by atoms with Crippen molar-refractivity contribution in [3.8, 4) is 5.75 Å². The molecule has 0 spiro atoms. The standard InChI is InChI=1S/C17H22N2OS/c1-11(2)20-15-8-4-13(5-9-15)16(19-14-6-7-14)17-18-12(3)10-21-17/h4-5,8-11,14,16,19H,6-7H2,1-3H3. The van der Waals surface area contributed by atoms with Crippen molar-refractivity contribution in [2.24, 2.45) is 0 Å². The van der Waals surface area contributed by atoms with Crippen LogP contribution in [0.25, 0.3) is 0 Å². The highest BCUT2D eigenvalue weighted by Gasteiger charge is 2.27. The SMILES string of the molecule is Cc1csc(C(NC2CC2)c2ccc(OC(C)C)cc2)n1. The molecule has 3 nitrogen and oxygen atoms in total. The van der Waals surface area contributed by atoms with Crippen LogP contribution in [0.4, 0.5) is 0 Å². The first-order valence-electron chi connectivity index (χ1n) is 7.56. The van der Waals surface area contributed by atoms with E-state index in [1.54, 1.807) is 11.3 Å². The van der Waals surface area contributed by atoms with Gasteiger partial charge in [-0.15, -0.1) is 11.3 Å². The molecular weight excluding hydrogens is 280 g/mol. The van der Waals surface area contributed by atoms with E-state index in [0.717, 1.165) is 16.5 Å². The van der Waals surface area contributed by atoms with Crippen LogP contribution in [0.3, 0.4) is 0 Å². The van der Waals surface area contributed by atoms with Gasteiger partial charge in [-0.05, 0) is 51.3 Å². The number of thiazole rings is 1. The lowest BCUT2D eigenvalue weighted by Crippen LogP contribution is -2.24. The Bertz CT molecular complexity index is 587. The molecule has 1 saturated carbocycles. The minimum absolute atomic E-state index is 0.198. The second kappa shape index (κ2) is 6.16. The van der Waals surface area contributed by atoms with Gasteiger partial charge in [0.05, 0.1) is 12.1 Å². The Labute approximate surface area is 130 Å². The molecule has 1 atom stereocenters. The number of hydrogen-bond acceptors (Lipinski definition) is 4. The Balaban J connectivity index is 1.81. The van der Waals surface area contributed by atoms with Gasteiger partial charge in [0.25, 0.3) is 0 Å². The zero-order valence-electron chi connectivity index (χ0n) is 12.8. The van der Waals surface area contributed by atoms with Gasteiger partial charge in [-0.25, -0.2) is 4.98 Å². The third-order valence-electron chi connectivity index (χ3n) is 3.45. The minimum atomic E-state index is 0.198. The van der Waals surface area contributed by atoms with Crippen LogP contribution in [0, 0.1) is 6.92 Å². The van der Waals surface area contributed by atoms with E-state index in [4.69, 9.17) is 4.74 Å². The molecule has 4 heteroatoms. The molecule has 21 heavy (non-hydrogen) atoms. The normalized spacial score (nSPS) is 16.2. The molecule has 0 saturated heterocycles. The molecule has 1 aliphatic rings. The Kier molecular flexibility index (Phi) is 4.27. The number of aromatic nitrogens is 1. The van der Waals surface area contributed by atoms with Gasteiger partial charge in [-0.1, -0.05) is 12.1 Å². The van der Waals surface area contributed by atoms with Crippen LogP contribution in [-0.4, -0.2) is 17.1 Å². The molecule has 0 aliphatic heterocycles. The van der Waals surface area contributed by atoms with Crippen LogP contribution in [0.1, 0.15) is 49.0 Å². The Morgan fingerprint density at radius 1 is 1.24 bits per heavy atom. The van der Waals surface area contributed by atoms with Gasteiger partial charge in [-0.3, -0.25) is 0 Å². The molecule has 1 aromatic heterocycles. The number of aryl methyl sites for hydroxylation is 1. The van der Waals surface area contributed by atoms with Crippen LogP contribution in [0.2, 0.25) is 0 Å². The minimum Gasteiger partial charge on any atom is -0.491 e. The third-order valence-corrected chi connectivity index (χ3v) is 4.48. The Morgan fingerprint density at radius 3 is 2.48 bits per heavy atom. The van der Waals surface area contributed by atoms with Gasteiger partial charge in [0.1, 0.15) is 10.8 Å². The average molecular weight is 302 g/mol. The molecule has 0 bridgehead atoms. The summed E-state index contributed by atoms with van der Waals surface area (Å²) in [6.07, 6.45) is 2.75. The van der Waals surface area contributed by atoms with E-state index >= 15 is 0 Å². The van der Waals surface area contributed by atoms with E-state index in [1.165, 1.54) is 18.4 Å². The lowest BCUT2D eigenvalue weighted by atomic mass is 10.1. The highest BCUT2D eigenvalue weighted by Crippen LogP contribution is 2.31. The zero-order chi connectivity index (χ0) is 14.8. The fourth-order valence-electron chi connectivity index (χ4n) is 2.31. The van der Waals surface area contributed by atoms with Crippen molar-refractivity contribution in [2.45, 2.75) is 51.8 Å². The van der Waals surface area contributed by atoms with Crippen molar-refractivity contribution < 1.29 is 4.74 Å². The van der Waals surface area contributed by atoms with Crippen LogP contribution in [-0.2, 0) is 0 Å². The molecular formula is C17H22N2OS. The van der Waals surface area contributed by atoms with Gasteiger partial charge in [0.2, 0.25) is 0 Å². The summed E-state index contributed by atoms with van der Waals surface area (Å²) in [6.45, 7) is 6.14. The maximum absolute atomic E-state index is 5.72. The fraction of sp³-hybridized carbons (Fsp3) is 0.471. The van der Waals surface area contributed by atoms with Crippen LogP contribution in [0.15, 0.2) is 29.6 Å². The maximum atomic E-state index is 5.72. The van der Waals surface area contributed by atoms with E-state index in [0.29, 0.717) is 6.04 Å². The molecule has 3 rings (SSSR count). The predicted octanol–water partition coefficient (Wildman–Crippen LogP) is 4.08. The van der Waals surface area contributed by atoms with Crippen molar-refractivity contribution in [1.29, 1.82) is 0 Å². The number of ether oxygens (including phenoxy) is 1. The average Bonchev–Trinajstić information content (AvgIpc) is 3.17. The highest BCUT2D eigenvalue weighted by atomic mass is 32.1. The number of hydrogen-bond donors (Lipinski definition) is 1. The van der Waals surface area contributed by atoms with Crippen LogP contribution in [0.5, 0.6) is 5.75 Å². The number of nitrogens with one attached hydrogen (secondary N) is 1. The first-order chi connectivity index (χ1) is 10.1. The Morgan fingerprint density at radius 2 is 1.95 bits per heavy atom. The van der Waals surface area contributed by atoms with Crippen molar-refractivity contribution in [3.05, 3.63) is 45.9 Å². The molecule has 1 fully saturated rings. The summed E-state index contributed by atoms with van der Waals surface area (Å²) in [4.78, 5) is 4.66. The maximum Gasteiger partial charge on any atom is 0.119 e. The van der Waals surface area contributed by atoms with Gasteiger partial charge < -0.3 is 10.1 Å². The summed E-state index contributed by atoms with van der Waals surface area (Å²) in [5.41, 5.74) is 2.35. The fourth-order valence-corrected chi connectivity index (χ4v) is 3.19. The lowest BCUT2D eigenvalue weighted by molar-refractivity contribution is 0.242. The van der Waals surface area contributed by atoms with Gasteiger partial charge in [0, 0.05) is 17.1 Å². The van der Waals surface area contributed by atoms with Crippen LogP contribution < -0.4 is 10.1 Å². The van der Waals surface area contributed by atoms with Gasteiger partial charge >= 0.3 is 0 Å². The largest absolute Gasteiger partial charge is 0.491 e. The summed E-state index contributed by atoms with van der Waals surface area (Å²) in [5.74, 6) is 0.925. The molecule has 1 unspecified atom stereocenters. The highest BCUT2D eigenvalue weighted by molar-refractivity contribution is 7.09. The smallest absolute Gasteiger partial charge is 0.119 e. The molecule has 2 aromatic rings. The van der Waals surface area contributed by atoms with Gasteiger partial charge in [-0.2, -0.15) is 0 Å². The quantitative estimate of drug-likeness (QED) is 0.873. The summed E-state index contributed by atoms with van der Waals surface area (Å²) in [5, 5.41) is 6.97. The third kappa shape index (κ3) is 3.83. The van der Waals surface area contributed by atoms with E-state index in [-0.39, 0.29) is 12.1 Å². The van der Waals surface area contributed by atoms with E-state index in [1.807, 2.05) is 20.8 Å². The number of benzene rings is 1. The molecule has 1 aliphatic carbocycles. The monoisotopic (exact) mass is 302 g/mol. The molecule has 1 N–H and O–H groups in total. The Hall–Kier alpha value is -1.39. The summed E-state index contributed by atoms with van der Waals surface area (Å²) < 4.78 is 5.72. The first kappa shape index (κ1) is 14.5. The molecule has 1 heterocycles. The second-order valence-corrected chi connectivity index (χ2v) is 6.83. The van der Waals surface area contributed by atoms with Crippen LogP contribution >= 0.6 is 11.3 Å². The molecule has 0 radical (unpaired) electrons. The first-order valence-corrected chi connectivity index (χ1v) is 8.44. The molecule has 112 valence electrons. The molecule has 0 amide bonds. The number of nitrogens with zero attached hydrogens (tertiary/aromatic N) is 1. The van der Waals surface area contributed by atoms with Crippen molar-refractivity contribution in [2.75, 3.05) is 0 Å². The second-order valence-electron chi connectivity index (χ2n) is 5.94. The zero-order valence-corrected chi connectivity index (χ0v) is 13.6. The number of rotatable bonds is 6. The van der Waals surface area contributed by atoms with E-state index in [9.17, 15) is 0 Å². The van der Waals surface area contributed by atoms with Crippen molar-refractivity contribution >= 4 is 11.3 Å². The van der Waals surface area contributed by atoms with E-state index < -0.39 is 0 Å². The van der Waals surface area contributed by atoms with Gasteiger partial charge in [0.15, 0.2) is 0 Å². The van der Waals surface area contributed by atoms with E-state index in [2.05, 4.69) is 39.9 Å². The topological polar surface area (TPSA) is 34.1 Å².